The van der Waals surface area contributed by atoms with Crippen LogP contribution in [0.4, 0.5) is 0 Å². The van der Waals surface area contributed by atoms with E-state index in [9.17, 15) is 5.11 Å². The minimum absolute atomic E-state index is 0.446. The van der Waals surface area contributed by atoms with Gasteiger partial charge in [-0.1, -0.05) is 127 Å². The average molecular weight is 468 g/mol. The summed E-state index contributed by atoms with van der Waals surface area (Å²) < 4.78 is 0. The molecule has 0 radical (unpaired) electrons. The van der Waals surface area contributed by atoms with Crippen molar-refractivity contribution in [3.05, 3.63) is 144 Å². The van der Waals surface area contributed by atoms with Crippen molar-refractivity contribution >= 4 is 32.3 Å². The Labute approximate surface area is 211 Å². The third-order valence-corrected chi connectivity index (χ3v) is 7.49. The lowest BCUT2D eigenvalue weighted by Gasteiger charge is -2.36. The highest BCUT2D eigenvalue weighted by Gasteiger charge is 2.37. The standard InChI is InChI=1S/C34H29NO/c35-33(32-21-9-15-26-12-3-6-20-31(26)32)34(36,22-27-16-7-13-24-10-1-4-18-29(24)27)23-28-17-8-14-25-11-2-5-19-30(25)28/h1-21,33,36H,22-23,35H2. The molecule has 0 aliphatic carbocycles. The molecule has 0 fully saturated rings. The molecule has 0 aliphatic rings. The third kappa shape index (κ3) is 4.05. The first kappa shape index (κ1) is 22.5. The van der Waals surface area contributed by atoms with Gasteiger partial charge in [-0.15, -0.1) is 0 Å². The van der Waals surface area contributed by atoms with Crippen molar-refractivity contribution in [1.82, 2.24) is 0 Å². The van der Waals surface area contributed by atoms with Crippen LogP contribution in [0.15, 0.2) is 127 Å². The Morgan fingerprint density at radius 1 is 0.500 bits per heavy atom. The minimum atomic E-state index is -1.21. The van der Waals surface area contributed by atoms with Crippen LogP contribution < -0.4 is 5.73 Å². The molecule has 6 aromatic rings. The molecule has 36 heavy (non-hydrogen) atoms. The van der Waals surface area contributed by atoms with Gasteiger partial charge in [-0.3, -0.25) is 0 Å². The van der Waals surface area contributed by atoms with Crippen molar-refractivity contribution < 1.29 is 5.11 Å². The molecule has 1 atom stereocenters. The zero-order valence-corrected chi connectivity index (χ0v) is 20.1. The summed E-state index contributed by atoms with van der Waals surface area (Å²) in [4.78, 5) is 0. The van der Waals surface area contributed by atoms with Crippen molar-refractivity contribution in [3.8, 4) is 0 Å². The summed E-state index contributed by atoms with van der Waals surface area (Å²) in [7, 11) is 0. The number of hydrogen-bond acceptors (Lipinski definition) is 2. The largest absolute Gasteiger partial charge is 0.387 e. The maximum atomic E-state index is 12.6. The van der Waals surface area contributed by atoms with E-state index in [1.54, 1.807) is 0 Å². The summed E-state index contributed by atoms with van der Waals surface area (Å²) in [5, 5.41) is 19.5. The van der Waals surface area contributed by atoms with Crippen molar-refractivity contribution in [2.75, 3.05) is 0 Å². The third-order valence-electron chi connectivity index (χ3n) is 7.49. The normalized spacial score (nSPS) is 12.8. The molecule has 0 saturated heterocycles. The number of rotatable bonds is 6. The molecule has 0 amide bonds. The quantitative estimate of drug-likeness (QED) is 0.269. The first-order chi connectivity index (χ1) is 17.6. The second-order valence-corrected chi connectivity index (χ2v) is 9.78. The van der Waals surface area contributed by atoms with E-state index in [-0.39, 0.29) is 0 Å². The lowest BCUT2D eigenvalue weighted by molar-refractivity contribution is 0.0146. The summed E-state index contributed by atoms with van der Waals surface area (Å²) >= 11 is 0. The van der Waals surface area contributed by atoms with Crippen LogP contribution in [0.25, 0.3) is 32.3 Å². The maximum absolute atomic E-state index is 12.6. The highest BCUT2D eigenvalue weighted by atomic mass is 16.3. The smallest absolute Gasteiger partial charge is 0.0920 e. The van der Waals surface area contributed by atoms with Gasteiger partial charge in [0, 0.05) is 12.8 Å². The molecular formula is C34H29NO. The molecule has 6 aromatic carbocycles. The fourth-order valence-corrected chi connectivity index (χ4v) is 5.65. The Hall–Kier alpha value is -3.98. The van der Waals surface area contributed by atoms with Gasteiger partial charge < -0.3 is 10.8 Å². The average Bonchev–Trinajstić information content (AvgIpc) is 2.93. The molecule has 0 aromatic heterocycles. The van der Waals surface area contributed by atoms with Crippen molar-refractivity contribution in [2.24, 2.45) is 5.73 Å². The first-order valence-corrected chi connectivity index (χ1v) is 12.5. The van der Waals surface area contributed by atoms with Gasteiger partial charge >= 0.3 is 0 Å². The molecule has 2 nitrogen and oxygen atoms in total. The van der Waals surface area contributed by atoms with Gasteiger partial charge in [-0.25, -0.2) is 0 Å². The van der Waals surface area contributed by atoms with Crippen LogP contribution in [0.3, 0.4) is 0 Å². The summed E-state index contributed by atoms with van der Waals surface area (Å²) in [5.41, 5.74) is 9.04. The van der Waals surface area contributed by atoms with E-state index >= 15 is 0 Å². The van der Waals surface area contributed by atoms with Crippen molar-refractivity contribution in [2.45, 2.75) is 24.5 Å². The number of nitrogens with two attached hydrogens (primary N) is 1. The summed E-state index contributed by atoms with van der Waals surface area (Å²) in [6, 6.07) is 43.2. The van der Waals surface area contributed by atoms with Crippen LogP contribution in [0.5, 0.6) is 0 Å². The highest BCUT2D eigenvalue weighted by molar-refractivity contribution is 5.88. The van der Waals surface area contributed by atoms with Gasteiger partial charge in [0.2, 0.25) is 0 Å². The lowest BCUT2D eigenvalue weighted by Crippen LogP contribution is -2.45. The number of aliphatic hydroxyl groups is 1. The van der Waals surface area contributed by atoms with E-state index in [1.807, 2.05) is 18.2 Å². The number of benzene rings is 6. The molecule has 6 rings (SSSR count). The van der Waals surface area contributed by atoms with Gasteiger partial charge in [-0.05, 0) is 49.0 Å². The van der Waals surface area contributed by atoms with Crippen LogP contribution in [0, 0.1) is 0 Å². The summed E-state index contributed by atoms with van der Waals surface area (Å²) in [6.07, 6.45) is 0.893. The highest BCUT2D eigenvalue weighted by Crippen LogP contribution is 2.37. The van der Waals surface area contributed by atoms with Gasteiger partial charge in [0.25, 0.3) is 0 Å². The van der Waals surface area contributed by atoms with E-state index in [1.165, 1.54) is 10.8 Å². The van der Waals surface area contributed by atoms with E-state index in [4.69, 9.17) is 5.73 Å². The number of fused-ring (bicyclic) bond motifs is 3. The predicted octanol–water partition coefficient (Wildman–Crippen LogP) is 7.36. The molecule has 0 spiro atoms. The first-order valence-electron chi connectivity index (χ1n) is 12.5. The van der Waals surface area contributed by atoms with E-state index in [0.717, 1.165) is 38.2 Å². The Bertz CT molecular complexity index is 1590. The lowest BCUT2D eigenvalue weighted by atomic mass is 9.77. The second-order valence-electron chi connectivity index (χ2n) is 9.78. The zero-order chi connectivity index (χ0) is 24.5. The molecule has 3 N–H and O–H groups in total. The maximum Gasteiger partial charge on any atom is 0.0920 e. The molecule has 1 unspecified atom stereocenters. The van der Waals surface area contributed by atoms with Gasteiger partial charge in [0.1, 0.15) is 0 Å². The van der Waals surface area contributed by atoms with Crippen LogP contribution in [-0.2, 0) is 12.8 Å². The SMILES string of the molecule is NC(c1cccc2ccccc12)C(O)(Cc1cccc2ccccc12)Cc1cccc2ccccc12. The molecular weight excluding hydrogens is 438 g/mol. The second kappa shape index (κ2) is 9.23. The Balaban J connectivity index is 1.51. The summed E-state index contributed by atoms with van der Waals surface area (Å²) in [5.74, 6) is 0. The van der Waals surface area contributed by atoms with Crippen LogP contribution in [0.1, 0.15) is 22.7 Å². The van der Waals surface area contributed by atoms with Gasteiger partial charge in [0.15, 0.2) is 0 Å². The van der Waals surface area contributed by atoms with E-state index in [2.05, 4.69) is 109 Å². The predicted molar refractivity (Wildman–Crippen MR) is 151 cm³/mol. The topological polar surface area (TPSA) is 46.2 Å². The number of hydrogen-bond donors (Lipinski definition) is 2. The Morgan fingerprint density at radius 3 is 1.42 bits per heavy atom. The van der Waals surface area contributed by atoms with Gasteiger partial charge in [0.05, 0.1) is 11.6 Å². The van der Waals surface area contributed by atoms with Crippen LogP contribution >= 0.6 is 0 Å². The molecule has 0 aliphatic heterocycles. The van der Waals surface area contributed by atoms with Crippen LogP contribution in [0.2, 0.25) is 0 Å². The van der Waals surface area contributed by atoms with E-state index < -0.39 is 11.6 Å². The molecule has 0 bridgehead atoms. The monoisotopic (exact) mass is 467 g/mol. The zero-order valence-electron chi connectivity index (χ0n) is 20.1. The molecule has 176 valence electrons. The Morgan fingerprint density at radius 2 is 0.889 bits per heavy atom. The fraction of sp³-hybridized carbons (Fsp3) is 0.118. The minimum Gasteiger partial charge on any atom is -0.387 e. The van der Waals surface area contributed by atoms with Crippen LogP contribution in [-0.4, -0.2) is 10.7 Å². The molecule has 2 heteroatoms. The van der Waals surface area contributed by atoms with E-state index in [0.29, 0.717) is 12.8 Å². The molecule has 0 saturated carbocycles. The summed E-state index contributed by atoms with van der Waals surface area (Å²) in [6.45, 7) is 0. The Kier molecular flexibility index (Phi) is 5.77. The fourth-order valence-electron chi connectivity index (χ4n) is 5.65. The van der Waals surface area contributed by atoms with Crippen molar-refractivity contribution in [1.29, 1.82) is 0 Å². The van der Waals surface area contributed by atoms with Crippen molar-refractivity contribution in [3.63, 3.8) is 0 Å². The molecule has 0 heterocycles. The van der Waals surface area contributed by atoms with Gasteiger partial charge in [-0.2, -0.15) is 0 Å².